The molecular weight excluding hydrogens is 644 g/mol. The zero-order valence-corrected chi connectivity index (χ0v) is 28.3. The molecule has 48 heavy (non-hydrogen) atoms. The largest absolute Gasteiger partial charge is 0.353 e. The van der Waals surface area contributed by atoms with Gasteiger partial charge >= 0.3 is 6.03 Å². The van der Waals surface area contributed by atoms with Crippen LogP contribution in [0.5, 0.6) is 0 Å². The molecular formula is C33H37F2N7O5S. The molecule has 15 heteroatoms. The fraction of sp³-hybridized carbons (Fsp3) is 0.333. The van der Waals surface area contributed by atoms with Crippen LogP contribution in [0, 0.1) is 25.5 Å². The molecule has 1 N–H and O–H groups in total. The molecule has 254 valence electrons. The smallest absolute Gasteiger partial charge is 0.353 e. The molecule has 0 spiro atoms. The monoisotopic (exact) mass is 681 g/mol. The van der Waals surface area contributed by atoms with Crippen LogP contribution in [0.25, 0.3) is 5.69 Å². The second kappa shape index (κ2) is 13.3. The van der Waals surface area contributed by atoms with Gasteiger partial charge in [0.25, 0.3) is 16.0 Å². The Labute approximate surface area is 278 Å². The summed E-state index contributed by atoms with van der Waals surface area (Å²) >= 11 is 0. The fourth-order valence-corrected chi connectivity index (χ4v) is 5.51. The van der Waals surface area contributed by atoms with Crippen molar-refractivity contribution in [3.8, 4) is 5.69 Å². The number of urea groups is 1. The number of nitrogens with one attached hydrogen (secondary N) is 1. The van der Waals surface area contributed by atoms with E-state index in [2.05, 4.69) is 15.4 Å². The number of benzene rings is 2. The third-order valence-electron chi connectivity index (χ3n) is 7.65. The summed E-state index contributed by atoms with van der Waals surface area (Å²) in [7, 11) is -4.17. The number of halogens is 2. The Bertz CT molecular complexity index is 1930. The van der Waals surface area contributed by atoms with Gasteiger partial charge in [0, 0.05) is 49.3 Å². The van der Waals surface area contributed by atoms with Crippen molar-refractivity contribution in [1.29, 1.82) is 0 Å². The van der Waals surface area contributed by atoms with Gasteiger partial charge in [-0.05, 0) is 50.2 Å². The Morgan fingerprint density at radius 2 is 1.54 bits per heavy atom. The number of carbonyl (C=O) groups is 2. The quantitative estimate of drug-likeness (QED) is 0.259. The molecule has 3 amide bonds. The van der Waals surface area contributed by atoms with Crippen molar-refractivity contribution in [3.05, 3.63) is 94.8 Å². The number of aryl methyl sites for hydroxylation is 2. The van der Waals surface area contributed by atoms with E-state index < -0.39 is 39.1 Å². The van der Waals surface area contributed by atoms with Crippen molar-refractivity contribution in [2.45, 2.75) is 40.0 Å². The summed E-state index contributed by atoms with van der Waals surface area (Å²) in [6, 6.07) is 14.1. The first-order valence-electron chi connectivity index (χ1n) is 15.1. The van der Waals surface area contributed by atoms with Crippen LogP contribution in [0.1, 0.15) is 48.1 Å². The van der Waals surface area contributed by atoms with Crippen molar-refractivity contribution in [1.82, 2.24) is 19.7 Å². The third-order valence-corrected chi connectivity index (χ3v) is 8.07. The Hall–Kier alpha value is -4.89. The number of aromatic nitrogens is 3. The molecule has 0 bridgehead atoms. The Morgan fingerprint density at radius 3 is 2.10 bits per heavy atom. The molecule has 5 rings (SSSR count). The van der Waals surface area contributed by atoms with Gasteiger partial charge in [0.05, 0.1) is 29.0 Å². The maximum atomic E-state index is 13.7. The van der Waals surface area contributed by atoms with Crippen LogP contribution in [0.4, 0.5) is 30.9 Å². The summed E-state index contributed by atoms with van der Waals surface area (Å²) < 4.78 is 58.7. The second-order valence-corrected chi connectivity index (χ2v) is 14.2. The number of amides is 3. The van der Waals surface area contributed by atoms with Gasteiger partial charge < -0.3 is 15.1 Å². The number of hydrogen-bond donors (Lipinski definition) is 1. The van der Waals surface area contributed by atoms with E-state index >= 15 is 0 Å². The average molecular weight is 682 g/mol. The van der Waals surface area contributed by atoms with Gasteiger partial charge in [-0.2, -0.15) is 13.5 Å². The number of pyridine rings is 1. The molecule has 1 aliphatic heterocycles. The molecule has 0 saturated carbocycles. The summed E-state index contributed by atoms with van der Waals surface area (Å²) in [5, 5.41) is 8.05. The molecule has 2 aromatic carbocycles. The standard InChI is InChI=1S/C33H37F2N7O5S/c1-21-7-9-26(10-8-21)41-30(20-28(38-41)33(3,4)5)42(47-48(6,45)46)32(44)37-27-11-12-29(36-22(27)2)39-13-15-40(16-14-39)31(43)23-17-24(34)19-25(35)18-23/h7-12,17-20H,13-16H2,1-6H3,(H,37,44). The van der Waals surface area contributed by atoms with Gasteiger partial charge in [-0.15, -0.1) is 9.35 Å². The summed E-state index contributed by atoms with van der Waals surface area (Å²) in [5.41, 5.74) is 2.45. The first-order valence-corrected chi connectivity index (χ1v) is 17.0. The molecule has 0 atom stereocenters. The van der Waals surface area contributed by atoms with Crippen LogP contribution in [0.3, 0.4) is 0 Å². The summed E-state index contributed by atoms with van der Waals surface area (Å²) in [4.78, 5) is 34.7. The van der Waals surface area contributed by atoms with Gasteiger partial charge in [-0.3, -0.25) is 4.79 Å². The van der Waals surface area contributed by atoms with E-state index in [1.807, 2.05) is 44.7 Å². The number of anilines is 3. The van der Waals surface area contributed by atoms with Crippen molar-refractivity contribution in [3.63, 3.8) is 0 Å². The van der Waals surface area contributed by atoms with Gasteiger partial charge in [-0.1, -0.05) is 38.5 Å². The molecule has 1 aliphatic rings. The van der Waals surface area contributed by atoms with Gasteiger partial charge in [0.1, 0.15) is 17.5 Å². The summed E-state index contributed by atoms with van der Waals surface area (Å²) in [6.07, 6.45) is 0.843. The first kappa shape index (κ1) is 34.4. The van der Waals surface area contributed by atoms with Crippen molar-refractivity contribution in [2.75, 3.05) is 47.7 Å². The lowest BCUT2D eigenvalue weighted by molar-refractivity contribution is 0.0745. The van der Waals surface area contributed by atoms with E-state index in [4.69, 9.17) is 4.28 Å². The van der Waals surface area contributed by atoms with E-state index in [-0.39, 0.29) is 11.4 Å². The van der Waals surface area contributed by atoms with E-state index in [9.17, 15) is 26.8 Å². The number of carbonyl (C=O) groups excluding carboxylic acids is 2. The molecule has 0 unspecified atom stereocenters. The van der Waals surface area contributed by atoms with Gasteiger partial charge in [-0.25, -0.2) is 23.2 Å². The van der Waals surface area contributed by atoms with Crippen molar-refractivity contribution < 1.29 is 31.1 Å². The highest BCUT2D eigenvalue weighted by atomic mass is 32.2. The van der Waals surface area contributed by atoms with Crippen LogP contribution in [-0.2, 0) is 19.8 Å². The average Bonchev–Trinajstić information content (AvgIpc) is 3.46. The van der Waals surface area contributed by atoms with E-state index in [1.54, 1.807) is 37.3 Å². The van der Waals surface area contributed by atoms with Crippen LogP contribution in [-0.4, -0.2) is 72.5 Å². The molecule has 4 aromatic rings. The highest BCUT2D eigenvalue weighted by Crippen LogP contribution is 2.30. The summed E-state index contributed by atoms with van der Waals surface area (Å²) in [5.74, 6) is -1.44. The lowest BCUT2D eigenvalue weighted by Crippen LogP contribution is -2.49. The zero-order valence-electron chi connectivity index (χ0n) is 27.5. The minimum atomic E-state index is -4.17. The fourth-order valence-electron chi connectivity index (χ4n) is 5.09. The lowest BCUT2D eigenvalue weighted by Gasteiger charge is -2.35. The highest BCUT2D eigenvalue weighted by Gasteiger charge is 2.31. The maximum Gasteiger partial charge on any atom is 0.353 e. The highest BCUT2D eigenvalue weighted by molar-refractivity contribution is 7.86. The number of hydrogen-bond acceptors (Lipinski definition) is 8. The van der Waals surface area contributed by atoms with Gasteiger partial charge in [0.15, 0.2) is 5.82 Å². The second-order valence-electron chi connectivity index (χ2n) is 12.6. The summed E-state index contributed by atoms with van der Waals surface area (Å²) in [6.45, 7) is 10.9. The predicted molar refractivity (Wildman–Crippen MR) is 178 cm³/mol. The van der Waals surface area contributed by atoms with Crippen LogP contribution >= 0.6 is 0 Å². The lowest BCUT2D eigenvalue weighted by atomic mass is 9.92. The van der Waals surface area contributed by atoms with E-state index in [0.29, 0.717) is 65.9 Å². The van der Waals surface area contributed by atoms with Crippen molar-refractivity contribution in [2.24, 2.45) is 0 Å². The van der Waals surface area contributed by atoms with E-state index in [0.717, 1.165) is 24.0 Å². The molecule has 12 nitrogen and oxygen atoms in total. The SMILES string of the molecule is Cc1ccc(-n2nc(C(C)(C)C)cc2N(OS(C)(=O)=O)C(=O)Nc2ccc(N3CCN(C(=O)c4cc(F)cc(F)c4)CC3)nc2C)cc1. The predicted octanol–water partition coefficient (Wildman–Crippen LogP) is 5.35. The Kier molecular flexibility index (Phi) is 9.55. The number of hydroxylamine groups is 1. The first-order chi connectivity index (χ1) is 22.5. The Morgan fingerprint density at radius 1 is 0.917 bits per heavy atom. The van der Waals surface area contributed by atoms with Crippen LogP contribution < -0.4 is 15.3 Å². The zero-order chi connectivity index (χ0) is 35.0. The number of nitrogens with zero attached hydrogens (tertiary/aromatic N) is 6. The molecule has 1 saturated heterocycles. The molecule has 0 aliphatic carbocycles. The third kappa shape index (κ3) is 7.97. The van der Waals surface area contributed by atoms with Gasteiger partial charge in [0.2, 0.25) is 0 Å². The maximum absolute atomic E-state index is 13.7. The topological polar surface area (TPSA) is 130 Å². The van der Waals surface area contributed by atoms with Crippen LogP contribution in [0.2, 0.25) is 0 Å². The minimum Gasteiger partial charge on any atom is -0.353 e. The van der Waals surface area contributed by atoms with Crippen LogP contribution in [0.15, 0.2) is 60.7 Å². The molecule has 2 aromatic heterocycles. The minimum absolute atomic E-state index is 0.0551. The number of rotatable bonds is 7. The van der Waals surface area contributed by atoms with E-state index in [1.165, 1.54) is 9.58 Å². The van der Waals surface area contributed by atoms with Crippen molar-refractivity contribution >= 4 is 39.4 Å². The Balaban J connectivity index is 1.35. The molecule has 0 radical (unpaired) electrons. The normalized spacial score (nSPS) is 13.8. The number of piperazine rings is 1. The molecule has 1 fully saturated rings. The molecule has 3 heterocycles.